The Kier molecular flexibility index (Phi) is 4.29. The molecule has 0 unspecified atom stereocenters. The van der Waals surface area contributed by atoms with Crippen LogP contribution in [0.1, 0.15) is 16.8 Å². The van der Waals surface area contributed by atoms with Gasteiger partial charge < -0.3 is 9.30 Å². The van der Waals surface area contributed by atoms with E-state index in [1.165, 1.54) is 24.3 Å². The second kappa shape index (κ2) is 6.53. The lowest BCUT2D eigenvalue weighted by atomic mass is 10.1. The van der Waals surface area contributed by atoms with Crippen LogP contribution in [0.3, 0.4) is 0 Å². The maximum Gasteiger partial charge on any atom is 0.330 e. The fourth-order valence-corrected chi connectivity index (χ4v) is 2.86. The molecular weight excluding hydrogens is 286 g/mol. The standard InChI is InChI=1S/C20H19NO2/c1-15-17(12-13-20(22)23-2)18-10-6-7-11-19(18)21(15)14-16-8-4-3-5-9-16/h3-13H,14H2,1-2H3. The van der Waals surface area contributed by atoms with Crippen molar-refractivity contribution >= 4 is 22.9 Å². The monoisotopic (exact) mass is 305 g/mol. The summed E-state index contributed by atoms with van der Waals surface area (Å²) in [4.78, 5) is 11.4. The van der Waals surface area contributed by atoms with Crippen molar-refractivity contribution in [3.05, 3.63) is 77.5 Å². The summed E-state index contributed by atoms with van der Waals surface area (Å²) in [5.41, 5.74) is 4.61. The highest BCUT2D eigenvalue weighted by molar-refractivity contribution is 5.95. The summed E-state index contributed by atoms with van der Waals surface area (Å²) < 4.78 is 6.97. The summed E-state index contributed by atoms with van der Waals surface area (Å²) in [7, 11) is 1.39. The Morgan fingerprint density at radius 3 is 2.52 bits per heavy atom. The molecule has 3 aromatic rings. The number of para-hydroxylation sites is 1. The maximum atomic E-state index is 11.4. The minimum Gasteiger partial charge on any atom is -0.466 e. The average Bonchev–Trinajstić information content (AvgIpc) is 2.86. The number of fused-ring (bicyclic) bond motifs is 1. The van der Waals surface area contributed by atoms with Gasteiger partial charge in [-0.15, -0.1) is 0 Å². The summed E-state index contributed by atoms with van der Waals surface area (Å²) >= 11 is 0. The molecule has 0 radical (unpaired) electrons. The third-order valence-electron chi connectivity index (χ3n) is 4.05. The van der Waals surface area contributed by atoms with E-state index in [4.69, 9.17) is 4.74 Å². The number of methoxy groups -OCH3 is 1. The fourth-order valence-electron chi connectivity index (χ4n) is 2.86. The molecule has 0 atom stereocenters. The number of carbonyl (C=O) groups excluding carboxylic acids is 1. The molecule has 0 fully saturated rings. The van der Waals surface area contributed by atoms with Crippen molar-refractivity contribution in [3.8, 4) is 0 Å². The number of hydrogen-bond acceptors (Lipinski definition) is 2. The van der Waals surface area contributed by atoms with Crippen LogP contribution in [0, 0.1) is 6.92 Å². The Labute approximate surface area is 135 Å². The summed E-state index contributed by atoms with van der Waals surface area (Å²) in [6.07, 6.45) is 3.31. The second-order valence-corrected chi connectivity index (χ2v) is 5.44. The van der Waals surface area contributed by atoms with Gasteiger partial charge in [0.25, 0.3) is 0 Å². The highest BCUT2D eigenvalue weighted by Gasteiger charge is 2.12. The largest absolute Gasteiger partial charge is 0.466 e. The van der Waals surface area contributed by atoms with Crippen molar-refractivity contribution in [2.24, 2.45) is 0 Å². The van der Waals surface area contributed by atoms with Crippen LogP contribution in [0.2, 0.25) is 0 Å². The van der Waals surface area contributed by atoms with Crippen molar-refractivity contribution < 1.29 is 9.53 Å². The fraction of sp³-hybridized carbons (Fsp3) is 0.150. The van der Waals surface area contributed by atoms with Gasteiger partial charge in [-0.25, -0.2) is 4.79 Å². The zero-order valence-corrected chi connectivity index (χ0v) is 13.3. The van der Waals surface area contributed by atoms with Crippen LogP contribution in [-0.4, -0.2) is 17.6 Å². The number of aromatic nitrogens is 1. The van der Waals surface area contributed by atoms with E-state index in [9.17, 15) is 4.79 Å². The first kappa shape index (κ1) is 15.1. The highest BCUT2D eigenvalue weighted by Crippen LogP contribution is 2.27. The number of esters is 1. The third-order valence-corrected chi connectivity index (χ3v) is 4.05. The minimum absolute atomic E-state index is 0.343. The molecule has 0 bridgehead atoms. The first-order chi connectivity index (χ1) is 11.2. The summed E-state index contributed by atoms with van der Waals surface area (Å²) in [5, 5.41) is 1.14. The van der Waals surface area contributed by atoms with E-state index in [-0.39, 0.29) is 5.97 Å². The summed E-state index contributed by atoms with van der Waals surface area (Å²) in [6, 6.07) is 18.6. The number of hydrogen-bond donors (Lipinski definition) is 0. The van der Waals surface area contributed by atoms with E-state index in [0.717, 1.165) is 23.2 Å². The summed E-state index contributed by atoms with van der Waals surface area (Å²) in [6.45, 7) is 2.89. The van der Waals surface area contributed by atoms with Crippen molar-refractivity contribution in [1.82, 2.24) is 4.57 Å². The molecule has 0 N–H and O–H groups in total. The average molecular weight is 305 g/mol. The van der Waals surface area contributed by atoms with E-state index >= 15 is 0 Å². The van der Waals surface area contributed by atoms with Crippen LogP contribution in [0.15, 0.2) is 60.7 Å². The first-order valence-electron chi connectivity index (χ1n) is 7.58. The molecule has 0 aliphatic rings. The van der Waals surface area contributed by atoms with Crippen LogP contribution in [0.25, 0.3) is 17.0 Å². The Morgan fingerprint density at radius 1 is 1.09 bits per heavy atom. The Balaban J connectivity index is 2.10. The molecule has 0 spiro atoms. The molecule has 3 rings (SSSR count). The summed E-state index contributed by atoms with van der Waals surface area (Å²) in [5.74, 6) is -0.343. The molecule has 0 saturated carbocycles. The van der Waals surface area contributed by atoms with Gasteiger partial charge in [-0.2, -0.15) is 0 Å². The predicted octanol–water partition coefficient (Wildman–Crippen LogP) is 4.18. The second-order valence-electron chi connectivity index (χ2n) is 5.44. The SMILES string of the molecule is COC(=O)C=Cc1c(C)n(Cc2ccccc2)c2ccccc12. The molecular formula is C20H19NO2. The Hall–Kier alpha value is -2.81. The number of ether oxygens (including phenoxy) is 1. The van der Waals surface area contributed by atoms with Crippen molar-refractivity contribution in [2.75, 3.05) is 7.11 Å². The number of carbonyl (C=O) groups is 1. The lowest BCUT2D eigenvalue weighted by Crippen LogP contribution is -2.01. The smallest absolute Gasteiger partial charge is 0.330 e. The third kappa shape index (κ3) is 3.04. The van der Waals surface area contributed by atoms with Crippen molar-refractivity contribution in [1.29, 1.82) is 0 Å². The molecule has 0 amide bonds. The van der Waals surface area contributed by atoms with Gasteiger partial charge in [-0.05, 0) is 24.6 Å². The lowest BCUT2D eigenvalue weighted by molar-refractivity contribution is -0.134. The molecule has 0 aliphatic carbocycles. The van der Waals surface area contributed by atoms with Crippen molar-refractivity contribution in [3.63, 3.8) is 0 Å². The van der Waals surface area contributed by atoms with Gasteiger partial charge in [0, 0.05) is 34.8 Å². The number of nitrogens with zero attached hydrogens (tertiary/aromatic N) is 1. The van der Waals surface area contributed by atoms with E-state index < -0.39 is 0 Å². The predicted molar refractivity (Wildman–Crippen MR) is 93.3 cm³/mol. The maximum absolute atomic E-state index is 11.4. The van der Waals surface area contributed by atoms with Crippen LogP contribution in [0.4, 0.5) is 0 Å². The quantitative estimate of drug-likeness (QED) is 0.535. The molecule has 116 valence electrons. The van der Waals surface area contributed by atoms with E-state index in [1.54, 1.807) is 0 Å². The molecule has 3 heteroatoms. The Bertz CT molecular complexity index is 860. The van der Waals surface area contributed by atoms with E-state index in [1.807, 2.05) is 24.3 Å². The van der Waals surface area contributed by atoms with E-state index in [2.05, 4.69) is 47.9 Å². The van der Waals surface area contributed by atoms with Gasteiger partial charge >= 0.3 is 5.97 Å². The minimum atomic E-state index is -0.343. The van der Waals surface area contributed by atoms with Gasteiger partial charge in [0.15, 0.2) is 0 Å². The molecule has 2 aromatic carbocycles. The molecule has 0 aliphatic heterocycles. The molecule has 0 saturated heterocycles. The zero-order chi connectivity index (χ0) is 16.2. The van der Waals surface area contributed by atoms with Crippen LogP contribution in [0.5, 0.6) is 0 Å². The topological polar surface area (TPSA) is 31.2 Å². The number of rotatable bonds is 4. The lowest BCUT2D eigenvalue weighted by Gasteiger charge is -2.08. The van der Waals surface area contributed by atoms with Gasteiger partial charge in [0.1, 0.15) is 0 Å². The zero-order valence-electron chi connectivity index (χ0n) is 13.3. The molecule has 1 heterocycles. The normalized spacial score (nSPS) is 11.2. The van der Waals surface area contributed by atoms with Crippen LogP contribution in [-0.2, 0) is 16.1 Å². The van der Waals surface area contributed by atoms with Gasteiger partial charge in [0.05, 0.1) is 7.11 Å². The van der Waals surface area contributed by atoms with Crippen molar-refractivity contribution in [2.45, 2.75) is 13.5 Å². The van der Waals surface area contributed by atoms with Gasteiger partial charge in [0.2, 0.25) is 0 Å². The molecule has 3 nitrogen and oxygen atoms in total. The first-order valence-corrected chi connectivity index (χ1v) is 7.58. The van der Waals surface area contributed by atoms with Crippen LogP contribution < -0.4 is 0 Å². The van der Waals surface area contributed by atoms with Gasteiger partial charge in [-0.1, -0.05) is 48.5 Å². The highest BCUT2D eigenvalue weighted by atomic mass is 16.5. The number of benzene rings is 2. The van der Waals surface area contributed by atoms with E-state index in [0.29, 0.717) is 0 Å². The van der Waals surface area contributed by atoms with Crippen LogP contribution >= 0.6 is 0 Å². The van der Waals surface area contributed by atoms with Gasteiger partial charge in [-0.3, -0.25) is 0 Å². The molecule has 23 heavy (non-hydrogen) atoms. The molecule has 1 aromatic heterocycles. The Morgan fingerprint density at radius 2 is 1.78 bits per heavy atom.